The van der Waals surface area contributed by atoms with Crippen LogP contribution < -0.4 is 5.19 Å². The third kappa shape index (κ3) is 8.66. The molecule has 271 valence electrons. The monoisotopic (exact) mass is 907 g/mol. The van der Waals surface area contributed by atoms with Crippen molar-refractivity contribution in [2.45, 2.75) is 26.0 Å². The van der Waals surface area contributed by atoms with Crippen molar-refractivity contribution in [1.29, 1.82) is 0 Å². The Kier molecular flexibility index (Phi) is 10.7. The number of fused-ring (bicyclic) bond motifs is 3. The van der Waals surface area contributed by atoms with Gasteiger partial charge in [-0.25, -0.2) is 0 Å². The fraction of sp³-hybridized carbons (Fsp3) is 0.0800. The molecule has 3 heterocycles. The van der Waals surface area contributed by atoms with Gasteiger partial charge in [0.05, 0.1) is 13.7 Å². The molecule has 6 aromatic carbocycles. The molecule has 5 heteroatoms. The van der Waals surface area contributed by atoms with E-state index >= 15 is 0 Å². The summed E-state index contributed by atoms with van der Waals surface area (Å²) < 4.78 is 23.8. The van der Waals surface area contributed by atoms with Gasteiger partial charge in [0.2, 0.25) is 0 Å². The van der Waals surface area contributed by atoms with E-state index in [4.69, 9.17) is 7.16 Å². The Morgan fingerprint density at radius 3 is 1.93 bits per heavy atom. The molecule has 55 heavy (non-hydrogen) atoms. The summed E-state index contributed by atoms with van der Waals surface area (Å²) in [4.78, 5) is 9.20. The summed E-state index contributed by atoms with van der Waals surface area (Å²) in [5.74, 6) is 0. The maximum atomic E-state index is 8.73. The zero-order valence-corrected chi connectivity index (χ0v) is 34.3. The summed E-state index contributed by atoms with van der Waals surface area (Å²) in [6, 6.07) is 60.6. The molecule has 0 aliphatic carbocycles. The Morgan fingerprint density at radius 1 is 0.582 bits per heavy atom. The first kappa shape index (κ1) is 35.0. The van der Waals surface area contributed by atoms with Crippen LogP contribution in [0.4, 0.5) is 0 Å². The molecular weight excluding hydrogens is 865 g/mol. The number of pyridine rings is 2. The van der Waals surface area contributed by atoms with E-state index in [1.54, 1.807) is 30.5 Å². The van der Waals surface area contributed by atoms with Crippen LogP contribution >= 0.6 is 0 Å². The third-order valence-corrected chi connectivity index (χ3v) is 11.5. The minimum atomic E-state index is -1.65. The van der Waals surface area contributed by atoms with Gasteiger partial charge in [-0.3, -0.25) is 0 Å². The van der Waals surface area contributed by atoms with Crippen molar-refractivity contribution in [2.24, 2.45) is 0 Å². The smallest absolute Gasteiger partial charge is 0.121 e. The van der Waals surface area contributed by atoms with Crippen LogP contribution in [0.25, 0.3) is 66.7 Å². The number of hydrogen-bond acceptors (Lipinski definition) is 3. The molecule has 0 saturated heterocycles. The number of rotatable bonds is 7. The SMILES string of the molecule is C[Si](C)(C)c1ccc(-c2[c-]ccc(-c3ccccc3)c2)nc1.[2H]C([2H])(c1ccccc1)c1ccnc(-c2[c-]ccc3c2oc2cc(-c4ccccc4)ccc23)c1.[Ir]. The van der Waals surface area contributed by atoms with Gasteiger partial charge in [0.25, 0.3) is 0 Å². The van der Waals surface area contributed by atoms with E-state index in [1.807, 2.05) is 66.9 Å². The second-order valence-corrected chi connectivity index (χ2v) is 19.3. The second kappa shape index (κ2) is 16.7. The molecule has 0 amide bonds. The van der Waals surface area contributed by atoms with Gasteiger partial charge in [0.15, 0.2) is 0 Å². The third-order valence-electron chi connectivity index (χ3n) is 9.43. The van der Waals surface area contributed by atoms with E-state index in [0.717, 1.165) is 44.3 Å². The summed E-state index contributed by atoms with van der Waals surface area (Å²) in [5.41, 5.74) is 10.7. The van der Waals surface area contributed by atoms with E-state index in [2.05, 4.69) is 121 Å². The largest absolute Gasteiger partial charge is 0.501 e. The molecule has 0 fully saturated rings. The molecule has 3 aromatic heterocycles. The molecule has 0 N–H and O–H groups in total. The summed E-state index contributed by atoms with van der Waals surface area (Å²) in [6.07, 6.45) is 2.03. The number of aromatic nitrogens is 2. The van der Waals surface area contributed by atoms with Crippen molar-refractivity contribution in [3.63, 3.8) is 0 Å². The molecule has 0 aliphatic rings. The number of furan rings is 1. The molecule has 1 radical (unpaired) electrons. The van der Waals surface area contributed by atoms with Crippen molar-refractivity contribution in [3.8, 4) is 44.8 Å². The van der Waals surface area contributed by atoms with E-state index in [1.165, 1.54) is 16.3 Å². The first-order valence-electron chi connectivity index (χ1n) is 19.1. The fourth-order valence-corrected chi connectivity index (χ4v) is 7.53. The predicted molar refractivity (Wildman–Crippen MR) is 227 cm³/mol. The van der Waals surface area contributed by atoms with Crippen LogP contribution in [0, 0.1) is 12.1 Å². The molecule has 0 aliphatic heterocycles. The van der Waals surface area contributed by atoms with Gasteiger partial charge < -0.3 is 14.4 Å². The molecule has 0 spiro atoms. The van der Waals surface area contributed by atoms with Crippen LogP contribution in [0.2, 0.25) is 19.6 Å². The van der Waals surface area contributed by atoms with Gasteiger partial charge in [-0.15, -0.1) is 53.6 Å². The van der Waals surface area contributed by atoms with Crippen molar-refractivity contribution in [3.05, 3.63) is 199 Å². The van der Waals surface area contributed by atoms with Crippen LogP contribution in [-0.2, 0) is 26.5 Å². The van der Waals surface area contributed by atoms with Crippen molar-refractivity contribution < 1.29 is 27.3 Å². The maximum absolute atomic E-state index is 8.73. The maximum Gasteiger partial charge on any atom is 0.121 e. The fourth-order valence-electron chi connectivity index (χ4n) is 6.50. The topological polar surface area (TPSA) is 38.9 Å². The molecule has 0 unspecified atom stereocenters. The zero-order chi connectivity index (χ0) is 38.7. The summed E-state index contributed by atoms with van der Waals surface area (Å²) >= 11 is 0. The molecule has 9 aromatic rings. The summed E-state index contributed by atoms with van der Waals surface area (Å²) in [5, 5.41) is 3.40. The molecule has 0 saturated carbocycles. The Labute approximate surface area is 341 Å². The van der Waals surface area contributed by atoms with Crippen LogP contribution in [0.1, 0.15) is 13.9 Å². The molecule has 3 nitrogen and oxygen atoms in total. The Hall–Kier alpha value is -5.71. The van der Waals surface area contributed by atoms with E-state index in [-0.39, 0.29) is 20.1 Å². The van der Waals surface area contributed by atoms with Crippen molar-refractivity contribution >= 4 is 35.2 Å². The predicted octanol–water partition coefficient (Wildman–Crippen LogP) is 12.5. The summed E-state index contributed by atoms with van der Waals surface area (Å²) in [6.45, 7) is 7.02. The molecule has 9 rings (SSSR count). The zero-order valence-electron chi connectivity index (χ0n) is 32.9. The van der Waals surface area contributed by atoms with E-state index < -0.39 is 14.4 Å². The average molecular weight is 907 g/mol. The van der Waals surface area contributed by atoms with E-state index in [9.17, 15) is 0 Å². The van der Waals surface area contributed by atoms with Gasteiger partial charge in [0.1, 0.15) is 5.58 Å². The normalized spacial score (nSPS) is 11.9. The van der Waals surface area contributed by atoms with Crippen molar-refractivity contribution in [2.75, 3.05) is 0 Å². The number of hydrogen-bond donors (Lipinski definition) is 0. The Morgan fingerprint density at radius 2 is 1.25 bits per heavy atom. The van der Waals surface area contributed by atoms with Crippen LogP contribution in [-0.4, -0.2) is 18.0 Å². The summed E-state index contributed by atoms with van der Waals surface area (Å²) in [7, 11) is -1.29. The van der Waals surface area contributed by atoms with Gasteiger partial charge in [-0.2, -0.15) is 0 Å². The average Bonchev–Trinajstić information content (AvgIpc) is 3.63. The van der Waals surface area contributed by atoms with Crippen LogP contribution in [0.3, 0.4) is 0 Å². The first-order chi connectivity index (χ1) is 27.1. The number of nitrogens with zero attached hydrogens (tertiary/aromatic N) is 2. The van der Waals surface area contributed by atoms with Crippen molar-refractivity contribution in [1.82, 2.24) is 9.97 Å². The van der Waals surface area contributed by atoms with Gasteiger partial charge in [-0.1, -0.05) is 152 Å². The standard InChI is InChI=1S/C30H20NO.C20H20NSi.Ir/c1-3-8-21(9-4-1)18-22-16-17-31-28(19-22)27-13-7-12-26-25-15-14-24(20-29(25)32-30(26)27)23-10-5-2-6-11-23;1-22(2,3)19-12-13-20(21-15-19)18-11-7-10-17(14-18)16-8-5-4-6-9-16;/h1-12,14-17,19-20H,18H2;4-10,12-15H,1-3H3;/q2*-1;/i18D2;;. The van der Waals surface area contributed by atoms with Crippen LogP contribution in [0.5, 0.6) is 0 Å². The Bertz CT molecular complexity index is 2750. The first-order valence-corrected chi connectivity index (χ1v) is 21.6. The number of benzene rings is 6. The van der Waals surface area contributed by atoms with Gasteiger partial charge >= 0.3 is 0 Å². The minimum absolute atomic E-state index is 0. The van der Waals surface area contributed by atoms with E-state index in [0.29, 0.717) is 22.4 Å². The second-order valence-electron chi connectivity index (χ2n) is 14.2. The van der Waals surface area contributed by atoms with Gasteiger partial charge in [0, 0.05) is 40.6 Å². The Balaban J connectivity index is 0.000000188. The molecular formula is C50H40IrN2OSi-2. The van der Waals surface area contributed by atoms with Gasteiger partial charge in [-0.05, 0) is 62.9 Å². The molecule has 0 atom stereocenters. The quantitative estimate of drug-likeness (QED) is 0.118. The minimum Gasteiger partial charge on any atom is -0.501 e. The van der Waals surface area contributed by atoms with Crippen LogP contribution in [0.15, 0.2) is 181 Å². The molecule has 0 bridgehead atoms.